The van der Waals surface area contributed by atoms with Crippen LogP contribution in [0.1, 0.15) is 37.7 Å². The number of hydrogen-bond donors (Lipinski definition) is 1. The number of benzene rings is 1. The monoisotopic (exact) mass is 318 g/mol. The Bertz CT molecular complexity index is 562. The van der Waals surface area contributed by atoms with E-state index >= 15 is 0 Å². The SMILES string of the molecule is Brc1ccc(CNC2CCCCC2)c2ncccc12. The molecule has 0 spiro atoms. The van der Waals surface area contributed by atoms with Gasteiger partial charge in [0.2, 0.25) is 0 Å². The predicted molar refractivity (Wildman–Crippen MR) is 83.2 cm³/mol. The largest absolute Gasteiger partial charge is 0.310 e. The first kappa shape index (κ1) is 13.1. The summed E-state index contributed by atoms with van der Waals surface area (Å²) >= 11 is 3.60. The van der Waals surface area contributed by atoms with Crippen LogP contribution in [0.5, 0.6) is 0 Å². The molecule has 2 aromatic rings. The van der Waals surface area contributed by atoms with Gasteiger partial charge in [-0.15, -0.1) is 0 Å². The average Bonchev–Trinajstić information content (AvgIpc) is 2.48. The molecule has 0 radical (unpaired) electrons. The zero-order valence-electron chi connectivity index (χ0n) is 11.0. The van der Waals surface area contributed by atoms with Crippen molar-refractivity contribution < 1.29 is 0 Å². The standard InChI is InChI=1S/C16H19BrN2/c17-15-9-8-12(16-14(15)7-4-10-18-16)11-19-13-5-2-1-3-6-13/h4,7-10,13,19H,1-3,5-6,11H2. The van der Waals surface area contributed by atoms with Gasteiger partial charge in [0.15, 0.2) is 0 Å². The molecule has 3 rings (SSSR count). The zero-order chi connectivity index (χ0) is 13.1. The molecule has 0 saturated heterocycles. The molecule has 1 saturated carbocycles. The number of hydrogen-bond acceptors (Lipinski definition) is 2. The molecule has 2 nitrogen and oxygen atoms in total. The molecule has 1 heterocycles. The lowest BCUT2D eigenvalue weighted by Gasteiger charge is -2.23. The highest BCUT2D eigenvalue weighted by atomic mass is 79.9. The van der Waals surface area contributed by atoms with E-state index < -0.39 is 0 Å². The van der Waals surface area contributed by atoms with Crippen LogP contribution in [-0.2, 0) is 6.54 Å². The molecule has 1 fully saturated rings. The number of nitrogens with zero attached hydrogens (tertiary/aromatic N) is 1. The lowest BCUT2D eigenvalue weighted by molar-refractivity contribution is 0.372. The fraction of sp³-hybridized carbons (Fsp3) is 0.438. The first-order chi connectivity index (χ1) is 9.34. The third kappa shape index (κ3) is 2.98. The third-order valence-corrected chi connectivity index (χ3v) is 4.68. The second kappa shape index (κ2) is 6.02. The summed E-state index contributed by atoms with van der Waals surface area (Å²) in [4.78, 5) is 4.54. The molecule has 1 N–H and O–H groups in total. The van der Waals surface area contributed by atoms with Gasteiger partial charge in [0.1, 0.15) is 0 Å². The molecule has 100 valence electrons. The molecule has 0 bridgehead atoms. The van der Waals surface area contributed by atoms with Crippen molar-refractivity contribution in [1.29, 1.82) is 0 Å². The second-order valence-electron chi connectivity index (χ2n) is 5.32. The maximum atomic E-state index is 4.54. The summed E-state index contributed by atoms with van der Waals surface area (Å²) in [5.74, 6) is 0. The Kier molecular flexibility index (Phi) is 4.14. The molecule has 1 aliphatic carbocycles. The average molecular weight is 319 g/mol. The minimum atomic E-state index is 0.691. The van der Waals surface area contributed by atoms with Crippen LogP contribution in [-0.4, -0.2) is 11.0 Å². The Labute approximate surface area is 122 Å². The number of rotatable bonds is 3. The number of nitrogens with one attached hydrogen (secondary N) is 1. The van der Waals surface area contributed by atoms with Crippen LogP contribution in [0.4, 0.5) is 0 Å². The molecule has 0 atom stereocenters. The van der Waals surface area contributed by atoms with E-state index in [0.29, 0.717) is 6.04 Å². The van der Waals surface area contributed by atoms with Crippen LogP contribution in [0.15, 0.2) is 34.9 Å². The summed E-state index contributed by atoms with van der Waals surface area (Å²) in [6.45, 7) is 0.922. The van der Waals surface area contributed by atoms with E-state index in [4.69, 9.17) is 0 Å². The molecule has 1 aromatic heterocycles. The van der Waals surface area contributed by atoms with Crippen LogP contribution < -0.4 is 5.32 Å². The summed E-state index contributed by atoms with van der Waals surface area (Å²) < 4.78 is 1.12. The minimum Gasteiger partial charge on any atom is -0.310 e. The fourth-order valence-electron chi connectivity index (χ4n) is 2.90. The van der Waals surface area contributed by atoms with E-state index in [1.54, 1.807) is 0 Å². The van der Waals surface area contributed by atoms with Gasteiger partial charge in [-0.2, -0.15) is 0 Å². The number of pyridine rings is 1. The van der Waals surface area contributed by atoms with Crippen molar-refractivity contribution in [2.24, 2.45) is 0 Å². The highest BCUT2D eigenvalue weighted by molar-refractivity contribution is 9.10. The van der Waals surface area contributed by atoms with Gasteiger partial charge in [0.25, 0.3) is 0 Å². The molecule has 1 aromatic carbocycles. The Morgan fingerprint density at radius 3 is 2.84 bits per heavy atom. The number of fused-ring (bicyclic) bond motifs is 1. The number of halogens is 1. The van der Waals surface area contributed by atoms with Gasteiger partial charge in [0, 0.05) is 28.6 Å². The van der Waals surface area contributed by atoms with Gasteiger partial charge in [-0.1, -0.05) is 47.3 Å². The van der Waals surface area contributed by atoms with Crippen molar-refractivity contribution in [2.45, 2.75) is 44.7 Å². The smallest absolute Gasteiger partial charge is 0.0758 e. The normalized spacial score (nSPS) is 16.9. The van der Waals surface area contributed by atoms with E-state index in [1.165, 1.54) is 43.1 Å². The van der Waals surface area contributed by atoms with Crippen LogP contribution in [0.3, 0.4) is 0 Å². The van der Waals surface area contributed by atoms with E-state index in [9.17, 15) is 0 Å². The maximum absolute atomic E-state index is 4.54. The van der Waals surface area contributed by atoms with Crippen LogP contribution in [0, 0.1) is 0 Å². The summed E-state index contributed by atoms with van der Waals surface area (Å²) in [6.07, 6.45) is 8.66. The molecule has 0 unspecified atom stereocenters. The van der Waals surface area contributed by atoms with Gasteiger partial charge in [-0.3, -0.25) is 4.98 Å². The van der Waals surface area contributed by atoms with E-state index in [0.717, 1.165) is 16.5 Å². The van der Waals surface area contributed by atoms with Crippen molar-refractivity contribution in [3.05, 3.63) is 40.5 Å². The third-order valence-electron chi connectivity index (χ3n) is 3.99. The molecular formula is C16H19BrN2. The molecule has 0 aliphatic heterocycles. The van der Waals surface area contributed by atoms with Crippen molar-refractivity contribution in [3.63, 3.8) is 0 Å². The summed E-state index contributed by atoms with van der Waals surface area (Å²) in [7, 11) is 0. The topological polar surface area (TPSA) is 24.9 Å². The summed E-state index contributed by atoms with van der Waals surface area (Å²) in [5, 5.41) is 4.89. The highest BCUT2D eigenvalue weighted by Crippen LogP contribution is 2.25. The van der Waals surface area contributed by atoms with Crippen molar-refractivity contribution >= 4 is 26.8 Å². The molecular weight excluding hydrogens is 300 g/mol. The maximum Gasteiger partial charge on any atom is 0.0758 e. The summed E-state index contributed by atoms with van der Waals surface area (Å²) in [6, 6.07) is 9.11. The Hall–Kier alpha value is -0.930. The van der Waals surface area contributed by atoms with Gasteiger partial charge in [-0.05, 0) is 30.5 Å². The predicted octanol–water partition coefficient (Wildman–Crippen LogP) is 4.42. The van der Waals surface area contributed by atoms with E-state index in [-0.39, 0.29) is 0 Å². The van der Waals surface area contributed by atoms with Crippen molar-refractivity contribution in [3.8, 4) is 0 Å². The van der Waals surface area contributed by atoms with Crippen LogP contribution in [0.25, 0.3) is 10.9 Å². The zero-order valence-corrected chi connectivity index (χ0v) is 12.6. The van der Waals surface area contributed by atoms with Gasteiger partial charge >= 0.3 is 0 Å². The van der Waals surface area contributed by atoms with Crippen molar-refractivity contribution in [1.82, 2.24) is 10.3 Å². The molecule has 19 heavy (non-hydrogen) atoms. The number of aromatic nitrogens is 1. The van der Waals surface area contributed by atoms with E-state index in [1.807, 2.05) is 12.3 Å². The van der Waals surface area contributed by atoms with Crippen LogP contribution >= 0.6 is 15.9 Å². The van der Waals surface area contributed by atoms with Gasteiger partial charge in [-0.25, -0.2) is 0 Å². The first-order valence-electron chi connectivity index (χ1n) is 7.10. The Morgan fingerprint density at radius 1 is 1.16 bits per heavy atom. The Balaban J connectivity index is 1.79. The fourth-order valence-corrected chi connectivity index (χ4v) is 3.35. The quantitative estimate of drug-likeness (QED) is 0.906. The van der Waals surface area contributed by atoms with Gasteiger partial charge in [0.05, 0.1) is 5.52 Å². The molecule has 1 aliphatic rings. The Morgan fingerprint density at radius 2 is 2.00 bits per heavy atom. The molecule has 3 heteroatoms. The lowest BCUT2D eigenvalue weighted by Crippen LogP contribution is -2.30. The van der Waals surface area contributed by atoms with E-state index in [2.05, 4.69) is 44.4 Å². The van der Waals surface area contributed by atoms with Crippen molar-refractivity contribution in [2.75, 3.05) is 0 Å². The minimum absolute atomic E-state index is 0.691. The first-order valence-corrected chi connectivity index (χ1v) is 7.89. The van der Waals surface area contributed by atoms with Gasteiger partial charge < -0.3 is 5.32 Å². The lowest BCUT2D eigenvalue weighted by atomic mass is 9.95. The second-order valence-corrected chi connectivity index (χ2v) is 6.18. The molecule has 0 amide bonds. The highest BCUT2D eigenvalue weighted by Gasteiger charge is 2.13. The summed E-state index contributed by atoms with van der Waals surface area (Å²) in [5.41, 5.74) is 2.41. The van der Waals surface area contributed by atoms with Crippen LogP contribution in [0.2, 0.25) is 0 Å².